The highest BCUT2D eigenvalue weighted by atomic mass is 16.5. The fourth-order valence-corrected chi connectivity index (χ4v) is 4.82. The molecule has 1 saturated heterocycles. The molecular weight excluding hydrogens is 372 g/mol. The molecule has 3 heterocycles. The molecule has 1 saturated carbocycles. The van der Waals surface area contributed by atoms with Gasteiger partial charge in [-0.2, -0.15) is 10.1 Å². The van der Waals surface area contributed by atoms with Gasteiger partial charge in [-0.1, -0.05) is 19.0 Å². The second kappa shape index (κ2) is 7.27. The number of fused-ring (bicyclic) bond motifs is 1. The van der Waals surface area contributed by atoms with Gasteiger partial charge in [-0.05, 0) is 38.2 Å². The van der Waals surface area contributed by atoms with Crippen LogP contribution in [0, 0.1) is 25.7 Å². The largest absolute Gasteiger partial charge is 0.352 e. The molecule has 0 radical (unpaired) electrons. The Balaban J connectivity index is 1.49. The molecule has 1 aliphatic heterocycles. The Morgan fingerprint density at radius 2 is 2.17 bits per heavy atom. The molecule has 2 aliphatic rings. The highest BCUT2D eigenvalue weighted by Crippen LogP contribution is 2.50. The van der Waals surface area contributed by atoms with Gasteiger partial charge in [-0.25, -0.2) is 0 Å². The van der Waals surface area contributed by atoms with E-state index in [9.17, 15) is 9.59 Å². The molecular formula is C20H28N6O3. The van der Waals surface area contributed by atoms with Crippen LogP contribution < -0.4 is 5.32 Å². The molecule has 1 N–H and O–H groups in total. The van der Waals surface area contributed by atoms with Crippen LogP contribution in [0.15, 0.2) is 16.9 Å². The highest BCUT2D eigenvalue weighted by molar-refractivity contribution is 5.79. The molecule has 4 rings (SSSR count). The number of likely N-dealkylation sites (tertiary alicyclic amines) is 1. The first-order valence-electron chi connectivity index (χ1n) is 10.1. The van der Waals surface area contributed by atoms with E-state index in [1.165, 1.54) is 0 Å². The number of carbonyl (C=O) groups excluding carboxylic acids is 2. The van der Waals surface area contributed by atoms with Crippen LogP contribution in [0.5, 0.6) is 0 Å². The summed E-state index contributed by atoms with van der Waals surface area (Å²) >= 11 is 0. The number of nitrogens with one attached hydrogen (secondary N) is 1. The fraction of sp³-hybridized carbons (Fsp3) is 0.650. The zero-order valence-corrected chi connectivity index (χ0v) is 17.4. The standard InChI is InChI=1S/C20H28N6O3/c1-12(2)18(28)25-9-15-5-16(23-17(27)10-26-8-13(3)7-21-26)6-20(15,11-25)19-22-14(4)24-29-19/h7-8,12,15-16H,5-6,9-11H2,1-4H3,(H,23,27)/t15?,16-,20+/m1/s1. The molecule has 2 aromatic rings. The van der Waals surface area contributed by atoms with Gasteiger partial charge in [0.25, 0.3) is 0 Å². The Morgan fingerprint density at radius 3 is 2.79 bits per heavy atom. The Labute approximate surface area is 169 Å². The predicted octanol–water partition coefficient (Wildman–Crippen LogP) is 1.21. The molecule has 2 amide bonds. The molecule has 2 fully saturated rings. The number of aromatic nitrogens is 4. The number of hydrogen-bond acceptors (Lipinski definition) is 6. The minimum absolute atomic E-state index is 0.00710. The molecule has 0 spiro atoms. The third-order valence-corrected chi connectivity index (χ3v) is 6.07. The van der Waals surface area contributed by atoms with Gasteiger partial charge in [0.05, 0.1) is 11.6 Å². The molecule has 9 heteroatoms. The fourth-order valence-electron chi connectivity index (χ4n) is 4.82. The van der Waals surface area contributed by atoms with Crippen molar-refractivity contribution in [2.75, 3.05) is 13.1 Å². The van der Waals surface area contributed by atoms with E-state index in [4.69, 9.17) is 4.52 Å². The second-order valence-corrected chi connectivity index (χ2v) is 8.79. The SMILES string of the molecule is Cc1cnn(CC(=O)N[C@@H]2CC3CN(C(=O)C(C)C)C[C@@]3(c3nc(C)no3)C2)c1. The van der Waals surface area contributed by atoms with Gasteiger partial charge in [0.15, 0.2) is 5.82 Å². The number of aryl methyl sites for hydroxylation is 2. The molecule has 0 bridgehead atoms. The van der Waals surface area contributed by atoms with Gasteiger partial charge < -0.3 is 14.7 Å². The molecule has 156 valence electrons. The third-order valence-electron chi connectivity index (χ3n) is 6.07. The summed E-state index contributed by atoms with van der Waals surface area (Å²) in [7, 11) is 0. The smallest absolute Gasteiger partial charge is 0.241 e. The van der Waals surface area contributed by atoms with Gasteiger partial charge in [0.1, 0.15) is 6.54 Å². The van der Waals surface area contributed by atoms with Gasteiger partial charge >= 0.3 is 0 Å². The van der Waals surface area contributed by atoms with E-state index in [2.05, 4.69) is 20.6 Å². The Hall–Kier alpha value is -2.71. The summed E-state index contributed by atoms with van der Waals surface area (Å²) in [5.74, 6) is 1.38. The van der Waals surface area contributed by atoms with E-state index < -0.39 is 5.41 Å². The van der Waals surface area contributed by atoms with Crippen LogP contribution in [-0.2, 0) is 21.5 Å². The molecule has 2 aromatic heterocycles. The van der Waals surface area contributed by atoms with E-state index in [0.29, 0.717) is 31.2 Å². The highest BCUT2D eigenvalue weighted by Gasteiger charge is 2.58. The zero-order valence-electron chi connectivity index (χ0n) is 17.4. The van der Waals surface area contributed by atoms with Crippen molar-refractivity contribution in [1.82, 2.24) is 30.1 Å². The van der Waals surface area contributed by atoms with Crippen LogP contribution in [0.4, 0.5) is 0 Å². The summed E-state index contributed by atoms with van der Waals surface area (Å²) in [6, 6.07) is 0.00710. The van der Waals surface area contributed by atoms with E-state index in [0.717, 1.165) is 12.0 Å². The Morgan fingerprint density at radius 1 is 1.38 bits per heavy atom. The lowest BCUT2D eigenvalue weighted by Crippen LogP contribution is -2.41. The number of rotatable bonds is 5. The van der Waals surface area contributed by atoms with Crippen LogP contribution in [0.25, 0.3) is 0 Å². The van der Waals surface area contributed by atoms with Gasteiger partial charge in [-0.3, -0.25) is 14.3 Å². The Kier molecular flexibility index (Phi) is 4.92. The lowest BCUT2D eigenvalue weighted by Gasteiger charge is -2.26. The second-order valence-electron chi connectivity index (χ2n) is 8.79. The van der Waals surface area contributed by atoms with Gasteiger partial charge in [0, 0.05) is 31.2 Å². The lowest BCUT2D eigenvalue weighted by molar-refractivity contribution is -0.134. The average Bonchev–Trinajstić information content (AvgIpc) is 3.38. The van der Waals surface area contributed by atoms with Crippen LogP contribution >= 0.6 is 0 Å². The predicted molar refractivity (Wildman–Crippen MR) is 104 cm³/mol. The van der Waals surface area contributed by atoms with Crippen LogP contribution in [0.2, 0.25) is 0 Å². The summed E-state index contributed by atoms with van der Waals surface area (Å²) < 4.78 is 7.21. The van der Waals surface area contributed by atoms with Crippen molar-refractivity contribution in [1.29, 1.82) is 0 Å². The molecule has 0 aromatic carbocycles. The maximum atomic E-state index is 12.6. The average molecular weight is 400 g/mol. The normalized spacial score (nSPS) is 26.2. The van der Waals surface area contributed by atoms with Gasteiger partial charge in [-0.15, -0.1) is 0 Å². The van der Waals surface area contributed by atoms with Crippen molar-refractivity contribution in [2.45, 2.75) is 58.5 Å². The van der Waals surface area contributed by atoms with Gasteiger partial charge in [0.2, 0.25) is 17.7 Å². The third kappa shape index (κ3) is 3.65. The number of hydrogen-bond donors (Lipinski definition) is 1. The number of nitrogens with zero attached hydrogens (tertiary/aromatic N) is 5. The molecule has 3 atom stereocenters. The van der Waals surface area contributed by atoms with E-state index in [1.54, 1.807) is 17.8 Å². The quantitative estimate of drug-likeness (QED) is 0.809. The summed E-state index contributed by atoms with van der Waals surface area (Å²) in [5.41, 5.74) is 0.625. The maximum Gasteiger partial charge on any atom is 0.241 e. The minimum Gasteiger partial charge on any atom is -0.352 e. The lowest BCUT2D eigenvalue weighted by atomic mass is 9.80. The Bertz CT molecular complexity index is 919. The van der Waals surface area contributed by atoms with Crippen molar-refractivity contribution in [2.24, 2.45) is 11.8 Å². The molecule has 1 unspecified atom stereocenters. The number of carbonyl (C=O) groups is 2. The van der Waals surface area contributed by atoms with Crippen molar-refractivity contribution in [3.05, 3.63) is 29.7 Å². The first-order valence-corrected chi connectivity index (χ1v) is 10.1. The van der Waals surface area contributed by atoms with Crippen LogP contribution in [0.1, 0.15) is 44.0 Å². The molecule has 29 heavy (non-hydrogen) atoms. The summed E-state index contributed by atoms with van der Waals surface area (Å²) in [6.45, 7) is 8.98. The first-order chi connectivity index (χ1) is 13.8. The summed E-state index contributed by atoms with van der Waals surface area (Å²) in [5, 5.41) is 11.3. The van der Waals surface area contributed by atoms with Crippen LogP contribution in [0.3, 0.4) is 0 Å². The van der Waals surface area contributed by atoms with Crippen molar-refractivity contribution < 1.29 is 14.1 Å². The van der Waals surface area contributed by atoms with Crippen molar-refractivity contribution >= 4 is 11.8 Å². The van der Waals surface area contributed by atoms with Crippen LogP contribution in [-0.4, -0.2) is 55.8 Å². The molecule has 1 aliphatic carbocycles. The van der Waals surface area contributed by atoms with Crippen molar-refractivity contribution in [3.8, 4) is 0 Å². The monoisotopic (exact) mass is 400 g/mol. The summed E-state index contributed by atoms with van der Waals surface area (Å²) in [4.78, 5) is 31.5. The number of amides is 2. The summed E-state index contributed by atoms with van der Waals surface area (Å²) in [6.07, 6.45) is 5.06. The molecule has 9 nitrogen and oxygen atoms in total. The maximum absolute atomic E-state index is 12.6. The van der Waals surface area contributed by atoms with Crippen molar-refractivity contribution in [3.63, 3.8) is 0 Å². The minimum atomic E-state index is -0.397. The first kappa shape index (κ1) is 19.6. The topological polar surface area (TPSA) is 106 Å². The van der Waals surface area contributed by atoms with E-state index in [1.807, 2.05) is 31.9 Å². The van der Waals surface area contributed by atoms with E-state index in [-0.39, 0.29) is 36.2 Å². The van der Waals surface area contributed by atoms with E-state index >= 15 is 0 Å². The zero-order chi connectivity index (χ0) is 20.8.